The monoisotopic (exact) mass is 482 g/mol. The van der Waals surface area contributed by atoms with E-state index in [4.69, 9.17) is 14.2 Å². The summed E-state index contributed by atoms with van der Waals surface area (Å²) in [6, 6.07) is 18.9. The van der Waals surface area contributed by atoms with Crippen LogP contribution in [0.2, 0.25) is 0 Å². The van der Waals surface area contributed by atoms with Crippen molar-refractivity contribution in [3.8, 4) is 17.2 Å². The predicted molar refractivity (Wildman–Crippen MR) is 128 cm³/mol. The van der Waals surface area contributed by atoms with Gasteiger partial charge in [-0.15, -0.1) is 0 Å². The third-order valence-corrected chi connectivity index (χ3v) is 7.37. The highest BCUT2D eigenvalue weighted by Crippen LogP contribution is 2.34. The van der Waals surface area contributed by atoms with E-state index in [2.05, 4.69) is 5.32 Å². The van der Waals surface area contributed by atoms with Crippen molar-refractivity contribution in [1.82, 2.24) is 5.32 Å². The van der Waals surface area contributed by atoms with Crippen LogP contribution in [0, 0.1) is 0 Å². The summed E-state index contributed by atoms with van der Waals surface area (Å²) < 4.78 is 44.3. The van der Waals surface area contributed by atoms with E-state index >= 15 is 0 Å². The molecule has 3 aromatic rings. The van der Waals surface area contributed by atoms with Crippen LogP contribution in [0.25, 0.3) is 0 Å². The van der Waals surface area contributed by atoms with Gasteiger partial charge in [0.15, 0.2) is 11.5 Å². The second kappa shape index (κ2) is 10.0. The third kappa shape index (κ3) is 4.65. The number of anilines is 1. The van der Waals surface area contributed by atoms with Gasteiger partial charge in [-0.25, -0.2) is 8.42 Å². The molecule has 3 aromatic carbocycles. The Morgan fingerprint density at radius 1 is 0.941 bits per heavy atom. The van der Waals surface area contributed by atoms with Crippen molar-refractivity contribution in [2.75, 3.05) is 38.2 Å². The highest BCUT2D eigenvalue weighted by molar-refractivity contribution is 7.92. The highest BCUT2D eigenvalue weighted by atomic mass is 32.2. The second-order valence-electron chi connectivity index (χ2n) is 7.57. The molecule has 1 aliphatic rings. The summed E-state index contributed by atoms with van der Waals surface area (Å²) in [5, 5.41) is 2.75. The Hall–Kier alpha value is -3.72. The van der Waals surface area contributed by atoms with E-state index < -0.39 is 15.9 Å². The van der Waals surface area contributed by atoms with Gasteiger partial charge in [0.1, 0.15) is 12.4 Å². The number of fused-ring (bicyclic) bond motifs is 1. The fourth-order valence-corrected chi connectivity index (χ4v) is 5.40. The number of para-hydroxylation sites is 3. The number of nitrogens with zero attached hydrogens (tertiary/aromatic N) is 1. The molecule has 1 heterocycles. The number of hydrogen-bond donors (Lipinski definition) is 1. The zero-order valence-corrected chi connectivity index (χ0v) is 19.8. The van der Waals surface area contributed by atoms with E-state index in [1.54, 1.807) is 25.3 Å². The summed E-state index contributed by atoms with van der Waals surface area (Å²) in [4.78, 5) is 12.9. The molecule has 178 valence electrons. The predicted octanol–water partition coefficient (Wildman–Crippen LogP) is 3.26. The standard InChI is InChI=1S/C25H26N2O6S/c1-31-22-12-11-19(34(29,30)27-15-13-18-7-3-4-8-21(18)27)17-20(22)25(28)26-14-16-33-24-10-6-5-9-23(24)32-2/h3-12,17H,13-16H2,1-2H3,(H,26,28). The Labute approximate surface area is 199 Å². The summed E-state index contributed by atoms with van der Waals surface area (Å²) in [7, 11) is -0.857. The van der Waals surface area contributed by atoms with Crippen LogP contribution in [-0.2, 0) is 16.4 Å². The van der Waals surface area contributed by atoms with Crippen molar-refractivity contribution in [2.24, 2.45) is 0 Å². The lowest BCUT2D eigenvalue weighted by Crippen LogP contribution is -2.30. The van der Waals surface area contributed by atoms with Gasteiger partial charge in [-0.1, -0.05) is 30.3 Å². The van der Waals surface area contributed by atoms with Crippen LogP contribution in [0.1, 0.15) is 15.9 Å². The normalized spacial score (nSPS) is 12.7. The maximum absolute atomic E-state index is 13.4. The Morgan fingerprint density at radius 2 is 1.65 bits per heavy atom. The minimum absolute atomic E-state index is 0.0282. The smallest absolute Gasteiger partial charge is 0.264 e. The quantitative estimate of drug-likeness (QED) is 0.471. The number of ether oxygens (including phenoxy) is 3. The van der Waals surface area contributed by atoms with Gasteiger partial charge in [-0.3, -0.25) is 9.10 Å². The Kier molecular flexibility index (Phi) is 6.93. The maximum Gasteiger partial charge on any atom is 0.264 e. The molecule has 0 saturated heterocycles. The van der Waals surface area contributed by atoms with Crippen LogP contribution < -0.4 is 23.8 Å². The number of methoxy groups -OCH3 is 2. The van der Waals surface area contributed by atoms with E-state index in [0.717, 1.165) is 5.56 Å². The molecule has 8 nitrogen and oxygen atoms in total. The molecule has 0 aromatic heterocycles. The van der Waals surface area contributed by atoms with E-state index in [1.807, 2.05) is 30.3 Å². The Morgan fingerprint density at radius 3 is 2.41 bits per heavy atom. The van der Waals surface area contributed by atoms with Crippen LogP contribution in [0.15, 0.2) is 71.6 Å². The lowest BCUT2D eigenvalue weighted by atomic mass is 10.2. The average Bonchev–Trinajstić information content (AvgIpc) is 3.31. The molecule has 0 saturated carbocycles. The molecule has 0 bridgehead atoms. The molecular formula is C25H26N2O6S. The zero-order chi connectivity index (χ0) is 24.1. The summed E-state index contributed by atoms with van der Waals surface area (Å²) >= 11 is 0. The molecule has 4 rings (SSSR count). The first-order valence-corrected chi connectivity index (χ1v) is 12.2. The van der Waals surface area contributed by atoms with Crippen LogP contribution in [0.3, 0.4) is 0 Å². The molecule has 0 fully saturated rings. The molecule has 9 heteroatoms. The summed E-state index contributed by atoms with van der Waals surface area (Å²) in [6.45, 7) is 0.767. The Bertz CT molecular complexity index is 1290. The largest absolute Gasteiger partial charge is 0.496 e. The second-order valence-corrected chi connectivity index (χ2v) is 9.44. The molecule has 0 unspecified atom stereocenters. The summed E-state index contributed by atoms with van der Waals surface area (Å²) in [5.41, 5.74) is 1.78. The summed E-state index contributed by atoms with van der Waals surface area (Å²) in [5.74, 6) is 0.982. The van der Waals surface area contributed by atoms with Gasteiger partial charge < -0.3 is 19.5 Å². The van der Waals surface area contributed by atoms with Gasteiger partial charge in [-0.05, 0) is 48.4 Å². The van der Waals surface area contributed by atoms with Crippen molar-refractivity contribution in [1.29, 1.82) is 0 Å². The molecule has 0 radical (unpaired) electrons. The number of benzene rings is 3. The lowest BCUT2D eigenvalue weighted by Gasteiger charge is -2.20. The lowest BCUT2D eigenvalue weighted by molar-refractivity contribution is 0.0943. The molecule has 0 atom stereocenters. The number of hydrogen-bond acceptors (Lipinski definition) is 6. The van der Waals surface area contributed by atoms with Crippen LogP contribution in [-0.4, -0.2) is 48.2 Å². The van der Waals surface area contributed by atoms with Gasteiger partial charge >= 0.3 is 0 Å². The van der Waals surface area contributed by atoms with Gasteiger partial charge in [-0.2, -0.15) is 0 Å². The topological polar surface area (TPSA) is 94.2 Å². The first kappa shape index (κ1) is 23.4. The van der Waals surface area contributed by atoms with Gasteiger partial charge in [0.25, 0.3) is 15.9 Å². The number of carbonyl (C=O) groups excluding carboxylic acids is 1. The first-order valence-electron chi connectivity index (χ1n) is 10.8. The number of sulfonamides is 1. The van der Waals surface area contributed by atoms with E-state index in [1.165, 1.54) is 29.6 Å². The van der Waals surface area contributed by atoms with Crippen molar-refractivity contribution in [2.45, 2.75) is 11.3 Å². The van der Waals surface area contributed by atoms with Crippen LogP contribution >= 0.6 is 0 Å². The number of carbonyl (C=O) groups is 1. The SMILES string of the molecule is COc1ccccc1OCCNC(=O)c1cc(S(=O)(=O)N2CCc3ccccc32)ccc1OC. The molecular weight excluding hydrogens is 456 g/mol. The van der Waals surface area contributed by atoms with E-state index in [0.29, 0.717) is 30.2 Å². The Balaban J connectivity index is 1.48. The molecule has 1 amide bonds. The van der Waals surface area contributed by atoms with E-state index in [9.17, 15) is 13.2 Å². The fourth-order valence-electron chi connectivity index (χ4n) is 3.87. The molecule has 34 heavy (non-hydrogen) atoms. The van der Waals surface area contributed by atoms with Crippen LogP contribution in [0.5, 0.6) is 17.2 Å². The third-order valence-electron chi connectivity index (χ3n) is 5.56. The van der Waals surface area contributed by atoms with Crippen LogP contribution in [0.4, 0.5) is 5.69 Å². The number of rotatable bonds is 9. The number of nitrogens with one attached hydrogen (secondary N) is 1. The highest BCUT2D eigenvalue weighted by Gasteiger charge is 2.31. The van der Waals surface area contributed by atoms with Crippen molar-refractivity contribution < 1.29 is 27.4 Å². The van der Waals surface area contributed by atoms with Gasteiger partial charge in [0.2, 0.25) is 0 Å². The van der Waals surface area contributed by atoms with Gasteiger partial charge in [0, 0.05) is 6.54 Å². The van der Waals surface area contributed by atoms with Crippen molar-refractivity contribution in [3.05, 3.63) is 77.9 Å². The minimum Gasteiger partial charge on any atom is -0.496 e. The zero-order valence-electron chi connectivity index (χ0n) is 19.0. The molecule has 0 aliphatic carbocycles. The van der Waals surface area contributed by atoms with Crippen molar-refractivity contribution in [3.63, 3.8) is 0 Å². The molecule has 1 N–H and O–H groups in total. The number of amides is 1. The molecule has 1 aliphatic heterocycles. The maximum atomic E-state index is 13.4. The summed E-state index contributed by atoms with van der Waals surface area (Å²) in [6.07, 6.45) is 0.644. The van der Waals surface area contributed by atoms with Crippen molar-refractivity contribution >= 4 is 21.6 Å². The fraction of sp³-hybridized carbons (Fsp3) is 0.240. The minimum atomic E-state index is -3.84. The van der Waals surface area contributed by atoms with E-state index in [-0.39, 0.29) is 29.4 Å². The average molecular weight is 483 g/mol. The van der Waals surface area contributed by atoms with Gasteiger partial charge in [0.05, 0.1) is 36.9 Å². The first-order chi connectivity index (χ1) is 16.5. The molecule has 0 spiro atoms.